The zero-order chi connectivity index (χ0) is 20.2. The van der Waals surface area contributed by atoms with Gasteiger partial charge in [-0.3, -0.25) is 9.59 Å². The van der Waals surface area contributed by atoms with Crippen LogP contribution in [0.4, 0.5) is 13.2 Å². The number of carboxylic acids is 2. The Morgan fingerprint density at radius 2 is 1.73 bits per heavy atom. The van der Waals surface area contributed by atoms with Crippen LogP contribution in [0.25, 0.3) is 0 Å². The minimum atomic E-state index is -5.08. The van der Waals surface area contributed by atoms with Crippen molar-refractivity contribution in [3.8, 4) is 0 Å². The van der Waals surface area contributed by atoms with Gasteiger partial charge in [0.1, 0.15) is 6.10 Å². The average molecular weight is 421 g/mol. The van der Waals surface area contributed by atoms with Crippen LogP contribution in [0.2, 0.25) is 0 Å². The number of rotatable bonds is 11. The molecule has 0 radical (unpaired) electrons. The van der Waals surface area contributed by atoms with E-state index < -0.39 is 18.1 Å². The molecule has 1 unspecified atom stereocenters. The summed E-state index contributed by atoms with van der Waals surface area (Å²) in [6.07, 6.45) is -3.02. The molecular weight excluding hydrogens is 399 g/mol. The van der Waals surface area contributed by atoms with Crippen LogP contribution in [0, 0.1) is 5.92 Å². The Morgan fingerprint density at radius 3 is 2.15 bits per heavy atom. The van der Waals surface area contributed by atoms with Crippen LogP contribution in [0.1, 0.15) is 26.2 Å². The zero-order valence-electron chi connectivity index (χ0n) is 14.1. The minimum absolute atomic E-state index is 0.0134. The van der Waals surface area contributed by atoms with Gasteiger partial charge in [0.15, 0.2) is 0 Å². The van der Waals surface area contributed by atoms with Crippen LogP contribution in [0.5, 0.6) is 0 Å². The topological polar surface area (TPSA) is 113 Å². The molecule has 1 fully saturated rings. The van der Waals surface area contributed by atoms with Gasteiger partial charge in [0.25, 0.3) is 0 Å². The van der Waals surface area contributed by atoms with Crippen molar-refractivity contribution in [1.82, 2.24) is 5.32 Å². The standard InChI is InChI=1S/C12H21NO4S2.C2HF3O2/c1-2-17-11(9-3-4-9)12(16)13-6-8-19-18-7-5-10(14)15;3-2(4,5)1(6)7/h9,11H,2-8H2,1H3,(H,13,16)(H,14,15);(H,6,7). The maximum absolute atomic E-state index is 11.9. The van der Waals surface area contributed by atoms with Gasteiger partial charge in [-0.25, -0.2) is 4.79 Å². The molecule has 0 aromatic heterocycles. The lowest BCUT2D eigenvalue weighted by Gasteiger charge is -2.15. The maximum Gasteiger partial charge on any atom is 0.490 e. The molecule has 0 spiro atoms. The van der Waals surface area contributed by atoms with Crippen LogP contribution < -0.4 is 5.32 Å². The van der Waals surface area contributed by atoms with E-state index in [2.05, 4.69) is 5.32 Å². The van der Waals surface area contributed by atoms with Gasteiger partial charge < -0.3 is 20.3 Å². The fraction of sp³-hybridized carbons (Fsp3) is 0.786. The molecule has 0 saturated heterocycles. The van der Waals surface area contributed by atoms with Crippen LogP contribution >= 0.6 is 21.6 Å². The quantitative estimate of drug-likeness (QED) is 0.344. The molecule has 0 bridgehead atoms. The zero-order valence-corrected chi connectivity index (χ0v) is 15.7. The number of amides is 1. The van der Waals surface area contributed by atoms with Gasteiger partial charge in [0.2, 0.25) is 5.91 Å². The number of carboxylic acid groups (broad SMARTS) is 2. The normalized spacial score (nSPS) is 14.8. The van der Waals surface area contributed by atoms with Gasteiger partial charge in [-0.1, -0.05) is 21.6 Å². The second kappa shape index (κ2) is 13.1. The van der Waals surface area contributed by atoms with Crippen molar-refractivity contribution in [3.63, 3.8) is 0 Å². The first-order valence-electron chi connectivity index (χ1n) is 7.75. The highest BCUT2D eigenvalue weighted by Gasteiger charge is 2.38. The molecule has 7 nitrogen and oxygen atoms in total. The largest absolute Gasteiger partial charge is 0.490 e. The Balaban J connectivity index is 0.000000758. The molecule has 0 aromatic carbocycles. The van der Waals surface area contributed by atoms with Crippen molar-refractivity contribution in [1.29, 1.82) is 0 Å². The molecule has 1 aliphatic rings. The molecule has 1 rings (SSSR count). The van der Waals surface area contributed by atoms with Crippen LogP contribution in [-0.2, 0) is 19.1 Å². The van der Waals surface area contributed by atoms with E-state index in [1.54, 1.807) is 10.8 Å². The lowest BCUT2D eigenvalue weighted by molar-refractivity contribution is -0.192. The molecule has 12 heteroatoms. The van der Waals surface area contributed by atoms with Gasteiger partial charge in [0, 0.05) is 24.7 Å². The second-order valence-electron chi connectivity index (χ2n) is 5.10. The van der Waals surface area contributed by atoms with E-state index in [1.807, 2.05) is 6.92 Å². The number of hydrogen-bond donors (Lipinski definition) is 3. The van der Waals surface area contributed by atoms with Crippen LogP contribution in [0.15, 0.2) is 0 Å². The van der Waals surface area contributed by atoms with Gasteiger partial charge >= 0.3 is 18.1 Å². The number of carbonyl (C=O) groups is 3. The highest BCUT2D eigenvalue weighted by Crippen LogP contribution is 2.34. The van der Waals surface area contributed by atoms with Gasteiger partial charge in [-0.2, -0.15) is 13.2 Å². The lowest BCUT2D eigenvalue weighted by atomic mass is 10.2. The van der Waals surface area contributed by atoms with Gasteiger partial charge in [-0.15, -0.1) is 0 Å². The number of aliphatic carboxylic acids is 2. The van der Waals surface area contributed by atoms with Crippen molar-refractivity contribution < 1.29 is 42.5 Å². The van der Waals surface area contributed by atoms with E-state index in [1.165, 1.54) is 10.8 Å². The first-order valence-corrected chi connectivity index (χ1v) is 10.2. The Labute approximate surface area is 156 Å². The molecule has 1 aliphatic carbocycles. The summed E-state index contributed by atoms with van der Waals surface area (Å²) in [5.74, 6) is -1.77. The van der Waals surface area contributed by atoms with Crippen molar-refractivity contribution in [2.45, 2.75) is 38.5 Å². The average Bonchev–Trinajstić information content (AvgIpc) is 3.35. The predicted molar refractivity (Wildman–Crippen MR) is 92.0 cm³/mol. The highest BCUT2D eigenvalue weighted by atomic mass is 33.1. The van der Waals surface area contributed by atoms with Gasteiger partial charge in [0.05, 0.1) is 6.42 Å². The van der Waals surface area contributed by atoms with Crippen molar-refractivity contribution >= 4 is 39.4 Å². The number of carbonyl (C=O) groups excluding carboxylic acids is 1. The summed E-state index contributed by atoms with van der Waals surface area (Å²) < 4.78 is 37.2. The summed E-state index contributed by atoms with van der Waals surface area (Å²) in [4.78, 5) is 31.0. The molecule has 3 N–H and O–H groups in total. The predicted octanol–water partition coefficient (Wildman–Crippen LogP) is 2.41. The van der Waals surface area contributed by atoms with Crippen LogP contribution in [0.3, 0.4) is 0 Å². The van der Waals surface area contributed by atoms with Crippen LogP contribution in [-0.4, -0.2) is 65.0 Å². The van der Waals surface area contributed by atoms with E-state index in [4.69, 9.17) is 19.7 Å². The second-order valence-corrected chi connectivity index (χ2v) is 7.80. The molecule has 152 valence electrons. The minimum Gasteiger partial charge on any atom is -0.481 e. The smallest absolute Gasteiger partial charge is 0.481 e. The van der Waals surface area contributed by atoms with Crippen molar-refractivity contribution in [2.24, 2.45) is 5.92 Å². The van der Waals surface area contributed by atoms with Crippen molar-refractivity contribution in [2.75, 3.05) is 24.7 Å². The lowest BCUT2D eigenvalue weighted by Crippen LogP contribution is -2.38. The van der Waals surface area contributed by atoms with Crippen molar-refractivity contribution in [3.05, 3.63) is 0 Å². The summed E-state index contributed by atoms with van der Waals surface area (Å²) >= 11 is 0. The van der Waals surface area contributed by atoms with E-state index in [0.29, 0.717) is 24.8 Å². The summed E-state index contributed by atoms with van der Waals surface area (Å²) in [6, 6.07) is 0. The number of halogens is 3. The number of hydrogen-bond acceptors (Lipinski definition) is 6. The van der Waals surface area contributed by atoms with E-state index in [9.17, 15) is 22.8 Å². The maximum atomic E-state index is 11.9. The molecule has 1 saturated carbocycles. The Bertz CT molecular complexity index is 460. The Kier molecular flexibility index (Phi) is 12.5. The molecule has 0 heterocycles. The summed E-state index contributed by atoms with van der Waals surface area (Å²) in [5, 5.41) is 18.5. The third kappa shape index (κ3) is 13.1. The summed E-state index contributed by atoms with van der Waals surface area (Å²) in [6.45, 7) is 3.06. The Morgan fingerprint density at radius 1 is 1.19 bits per heavy atom. The van der Waals surface area contributed by atoms with E-state index in [0.717, 1.165) is 18.6 Å². The molecule has 0 aliphatic heterocycles. The monoisotopic (exact) mass is 421 g/mol. The highest BCUT2D eigenvalue weighted by molar-refractivity contribution is 8.76. The first kappa shape index (κ1) is 24.9. The summed E-state index contributed by atoms with van der Waals surface area (Å²) in [7, 11) is 3.11. The fourth-order valence-electron chi connectivity index (χ4n) is 1.57. The SMILES string of the molecule is CCOC(C(=O)NCCSSCCC(=O)O)C1CC1.O=C(O)C(F)(F)F. The third-order valence-corrected chi connectivity index (χ3v) is 5.27. The number of ether oxygens (including phenoxy) is 1. The molecular formula is C14H22F3NO6S2. The first-order chi connectivity index (χ1) is 12.1. The fourth-order valence-corrected chi connectivity index (χ4v) is 3.45. The summed E-state index contributed by atoms with van der Waals surface area (Å²) in [5.41, 5.74) is 0. The molecule has 26 heavy (non-hydrogen) atoms. The number of alkyl halides is 3. The molecule has 1 amide bonds. The van der Waals surface area contributed by atoms with E-state index >= 15 is 0 Å². The molecule has 1 atom stereocenters. The van der Waals surface area contributed by atoms with Gasteiger partial charge in [-0.05, 0) is 25.7 Å². The Hall–Kier alpha value is -1.14. The third-order valence-electron chi connectivity index (χ3n) is 2.86. The number of nitrogens with one attached hydrogen (secondary N) is 1. The molecule has 0 aromatic rings. The van der Waals surface area contributed by atoms with E-state index in [-0.39, 0.29) is 18.4 Å².